The molecular formula is C15H19BrN2O2. The van der Waals surface area contributed by atoms with Crippen LogP contribution >= 0.6 is 15.9 Å². The van der Waals surface area contributed by atoms with E-state index >= 15 is 0 Å². The van der Waals surface area contributed by atoms with Gasteiger partial charge < -0.3 is 10.2 Å². The van der Waals surface area contributed by atoms with Crippen molar-refractivity contribution in [2.24, 2.45) is 0 Å². The van der Waals surface area contributed by atoms with Crippen LogP contribution < -0.4 is 5.32 Å². The number of halogens is 1. The summed E-state index contributed by atoms with van der Waals surface area (Å²) in [6.07, 6.45) is 3.19. The molecule has 1 rings (SSSR count). The number of carbonyl (C=O) groups is 2. The zero-order chi connectivity index (χ0) is 15.1. The van der Waals surface area contributed by atoms with Crippen LogP contribution in [0.3, 0.4) is 0 Å². The molecule has 1 aromatic rings. The summed E-state index contributed by atoms with van der Waals surface area (Å²) in [4.78, 5) is 24.8. The zero-order valence-corrected chi connectivity index (χ0v) is 13.5. The van der Waals surface area contributed by atoms with E-state index in [4.69, 9.17) is 0 Å². The normalized spacial score (nSPS) is 10.8. The monoisotopic (exact) mass is 338 g/mol. The van der Waals surface area contributed by atoms with E-state index in [0.717, 1.165) is 10.0 Å². The number of amides is 2. The summed E-state index contributed by atoms with van der Waals surface area (Å²) in [6, 6.07) is 7.69. The second-order valence-corrected chi connectivity index (χ2v) is 5.63. The van der Waals surface area contributed by atoms with Crippen molar-refractivity contribution in [1.82, 2.24) is 10.2 Å². The van der Waals surface area contributed by atoms with E-state index in [2.05, 4.69) is 21.2 Å². The number of likely N-dealkylation sites (N-methyl/N-ethyl adjacent to an activating group) is 1. The fourth-order valence-corrected chi connectivity index (χ4v) is 1.98. The van der Waals surface area contributed by atoms with Gasteiger partial charge in [-0.05, 0) is 31.6 Å². The highest BCUT2D eigenvalue weighted by atomic mass is 79.9. The van der Waals surface area contributed by atoms with Gasteiger partial charge >= 0.3 is 0 Å². The van der Waals surface area contributed by atoms with Gasteiger partial charge in [0.2, 0.25) is 11.8 Å². The van der Waals surface area contributed by atoms with Crippen LogP contribution in [0, 0.1) is 0 Å². The van der Waals surface area contributed by atoms with Crippen molar-refractivity contribution in [2.75, 3.05) is 13.6 Å². The number of rotatable bonds is 5. The molecule has 5 heteroatoms. The van der Waals surface area contributed by atoms with Crippen LogP contribution in [0.4, 0.5) is 0 Å². The predicted octanol–water partition coefficient (Wildman–Crippen LogP) is 2.45. The van der Waals surface area contributed by atoms with Crippen molar-refractivity contribution >= 4 is 33.8 Å². The quantitative estimate of drug-likeness (QED) is 0.838. The average Bonchev–Trinajstić information content (AvgIpc) is 2.36. The Labute approximate surface area is 128 Å². The Bertz CT molecular complexity index is 512. The molecule has 0 fully saturated rings. The van der Waals surface area contributed by atoms with Crippen molar-refractivity contribution in [1.29, 1.82) is 0 Å². The largest absolute Gasteiger partial charge is 0.352 e. The maximum atomic E-state index is 11.9. The Morgan fingerprint density at radius 1 is 1.35 bits per heavy atom. The van der Waals surface area contributed by atoms with Crippen molar-refractivity contribution < 1.29 is 9.59 Å². The highest BCUT2D eigenvalue weighted by Crippen LogP contribution is 2.17. The predicted molar refractivity (Wildman–Crippen MR) is 84.1 cm³/mol. The second kappa shape index (κ2) is 7.85. The Morgan fingerprint density at radius 2 is 2.00 bits per heavy atom. The average molecular weight is 339 g/mol. The molecule has 1 N–H and O–H groups in total. The van der Waals surface area contributed by atoms with Crippen molar-refractivity contribution in [3.63, 3.8) is 0 Å². The van der Waals surface area contributed by atoms with E-state index in [0.29, 0.717) is 0 Å². The van der Waals surface area contributed by atoms with Crippen LogP contribution in [-0.2, 0) is 9.59 Å². The van der Waals surface area contributed by atoms with Crippen LogP contribution in [0.1, 0.15) is 19.4 Å². The molecule has 0 unspecified atom stereocenters. The lowest BCUT2D eigenvalue weighted by Crippen LogP contribution is -2.40. The summed E-state index contributed by atoms with van der Waals surface area (Å²) in [6.45, 7) is 3.82. The highest BCUT2D eigenvalue weighted by Gasteiger charge is 2.11. The lowest BCUT2D eigenvalue weighted by molar-refractivity contribution is -0.131. The second-order valence-electron chi connectivity index (χ2n) is 4.77. The van der Waals surface area contributed by atoms with Crippen LogP contribution in [-0.4, -0.2) is 36.3 Å². The van der Waals surface area contributed by atoms with Crippen LogP contribution in [0.25, 0.3) is 6.08 Å². The summed E-state index contributed by atoms with van der Waals surface area (Å²) >= 11 is 3.41. The molecule has 2 amide bonds. The molecule has 20 heavy (non-hydrogen) atoms. The lowest BCUT2D eigenvalue weighted by atomic mass is 10.2. The molecule has 0 saturated heterocycles. The van der Waals surface area contributed by atoms with Gasteiger partial charge in [-0.2, -0.15) is 0 Å². The van der Waals surface area contributed by atoms with E-state index in [-0.39, 0.29) is 24.4 Å². The molecule has 0 heterocycles. The third-order valence-electron chi connectivity index (χ3n) is 2.52. The van der Waals surface area contributed by atoms with Crippen molar-refractivity contribution in [3.8, 4) is 0 Å². The Morgan fingerprint density at radius 3 is 2.60 bits per heavy atom. The van der Waals surface area contributed by atoms with E-state index in [1.807, 2.05) is 38.1 Å². The Balaban J connectivity index is 2.58. The van der Waals surface area contributed by atoms with Gasteiger partial charge in [-0.1, -0.05) is 34.1 Å². The molecule has 0 aliphatic heterocycles. The SMILES string of the molecule is CC(C)NC(=O)CN(C)C(=O)/C=C/c1ccccc1Br. The smallest absolute Gasteiger partial charge is 0.246 e. The summed E-state index contributed by atoms with van der Waals surface area (Å²) in [7, 11) is 1.60. The van der Waals surface area contributed by atoms with E-state index < -0.39 is 0 Å². The summed E-state index contributed by atoms with van der Waals surface area (Å²) in [5, 5.41) is 2.75. The number of hydrogen-bond acceptors (Lipinski definition) is 2. The molecule has 0 spiro atoms. The summed E-state index contributed by atoms with van der Waals surface area (Å²) < 4.78 is 0.921. The van der Waals surface area contributed by atoms with Crippen LogP contribution in [0.15, 0.2) is 34.8 Å². The van der Waals surface area contributed by atoms with Crippen LogP contribution in [0.5, 0.6) is 0 Å². The molecule has 1 aromatic carbocycles. The molecule has 108 valence electrons. The molecule has 4 nitrogen and oxygen atoms in total. The number of carbonyl (C=O) groups excluding carboxylic acids is 2. The van der Waals surface area contributed by atoms with Gasteiger partial charge in [0, 0.05) is 23.6 Å². The highest BCUT2D eigenvalue weighted by molar-refractivity contribution is 9.10. The first-order chi connectivity index (χ1) is 9.40. The molecule has 0 aliphatic rings. The van der Waals surface area contributed by atoms with Gasteiger partial charge in [0.15, 0.2) is 0 Å². The first-order valence-corrected chi connectivity index (χ1v) is 7.16. The Hall–Kier alpha value is -1.62. The molecule has 0 atom stereocenters. The molecule has 0 saturated carbocycles. The minimum absolute atomic E-state index is 0.0529. The molecular weight excluding hydrogens is 320 g/mol. The number of nitrogens with zero attached hydrogens (tertiary/aromatic N) is 1. The zero-order valence-electron chi connectivity index (χ0n) is 11.9. The maximum Gasteiger partial charge on any atom is 0.246 e. The lowest BCUT2D eigenvalue weighted by Gasteiger charge is -2.16. The molecule has 0 bridgehead atoms. The van der Waals surface area contributed by atoms with Gasteiger partial charge in [-0.15, -0.1) is 0 Å². The van der Waals surface area contributed by atoms with Crippen LogP contribution in [0.2, 0.25) is 0 Å². The third-order valence-corrected chi connectivity index (χ3v) is 3.24. The van der Waals surface area contributed by atoms with Gasteiger partial charge in [0.05, 0.1) is 6.54 Å². The fraction of sp³-hybridized carbons (Fsp3) is 0.333. The first-order valence-electron chi connectivity index (χ1n) is 6.37. The van der Waals surface area contributed by atoms with Gasteiger partial charge in [-0.25, -0.2) is 0 Å². The Kier molecular flexibility index (Phi) is 6.45. The molecule has 0 aliphatic carbocycles. The first kappa shape index (κ1) is 16.4. The standard InChI is InChI=1S/C15H19BrN2O2/c1-11(2)17-14(19)10-18(3)15(20)9-8-12-6-4-5-7-13(12)16/h4-9,11H,10H2,1-3H3,(H,17,19)/b9-8+. The summed E-state index contributed by atoms with van der Waals surface area (Å²) in [5.74, 6) is -0.371. The maximum absolute atomic E-state index is 11.9. The minimum atomic E-state index is -0.209. The fourth-order valence-electron chi connectivity index (χ4n) is 1.56. The number of nitrogens with one attached hydrogen (secondary N) is 1. The minimum Gasteiger partial charge on any atom is -0.352 e. The summed E-state index contributed by atoms with van der Waals surface area (Å²) in [5.41, 5.74) is 0.917. The van der Waals surface area contributed by atoms with E-state index in [1.54, 1.807) is 13.1 Å². The van der Waals surface area contributed by atoms with Crippen molar-refractivity contribution in [2.45, 2.75) is 19.9 Å². The van der Waals surface area contributed by atoms with Crippen molar-refractivity contribution in [3.05, 3.63) is 40.4 Å². The van der Waals surface area contributed by atoms with Gasteiger partial charge in [0.1, 0.15) is 0 Å². The number of hydrogen-bond donors (Lipinski definition) is 1. The molecule has 0 radical (unpaired) electrons. The molecule has 0 aromatic heterocycles. The van der Waals surface area contributed by atoms with E-state index in [9.17, 15) is 9.59 Å². The van der Waals surface area contributed by atoms with Gasteiger partial charge in [-0.3, -0.25) is 9.59 Å². The topological polar surface area (TPSA) is 49.4 Å². The van der Waals surface area contributed by atoms with Gasteiger partial charge in [0.25, 0.3) is 0 Å². The number of benzene rings is 1. The third kappa shape index (κ3) is 5.57. The van der Waals surface area contributed by atoms with E-state index in [1.165, 1.54) is 11.0 Å².